The third kappa shape index (κ3) is 4.95. The highest BCUT2D eigenvalue weighted by atomic mass is 32.2. The Morgan fingerprint density at radius 1 is 1.13 bits per heavy atom. The molecule has 10 nitrogen and oxygen atoms in total. The molecular formula is C20H40N6O4S. The minimum absolute atomic E-state index is 0.107. The molecule has 0 amide bonds. The molecule has 3 saturated heterocycles. The van der Waals surface area contributed by atoms with Gasteiger partial charge in [0.15, 0.2) is 0 Å². The molecule has 3 heterocycles. The maximum atomic E-state index is 13.4. The van der Waals surface area contributed by atoms with Crippen molar-refractivity contribution >= 4 is 10.0 Å². The van der Waals surface area contributed by atoms with E-state index in [1.54, 1.807) is 14.2 Å². The molecular weight excluding hydrogens is 420 g/mol. The number of hydrogen-bond acceptors (Lipinski definition) is 9. The van der Waals surface area contributed by atoms with Crippen LogP contribution in [0, 0.1) is 11.8 Å². The summed E-state index contributed by atoms with van der Waals surface area (Å²) in [4.78, 5) is 0. The number of nitrogens with zero attached hydrogens (tertiary/aromatic N) is 2. The second-order valence-electron chi connectivity index (χ2n) is 9.60. The minimum atomic E-state index is -3.51. The van der Waals surface area contributed by atoms with Crippen LogP contribution in [0.4, 0.5) is 0 Å². The van der Waals surface area contributed by atoms with E-state index >= 15 is 0 Å². The van der Waals surface area contributed by atoms with E-state index in [1.807, 2.05) is 7.05 Å². The molecule has 180 valence electrons. The van der Waals surface area contributed by atoms with E-state index in [9.17, 15) is 8.42 Å². The Hall–Kier alpha value is -0.370. The molecule has 8 unspecified atom stereocenters. The summed E-state index contributed by atoms with van der Waals surface area (Å²) in [7, 11) is 1.92. The molecule has 0 aromatic rings. The van der Waals surface area contributed by atoms with Gasteiger partial charge in [-0.15, -0.1) is 0 Å². The number of rotatable bonds is 7. The van der Waals surface area contributed by atoms with Crippen LogP contribution in [0.15, 0.2) is 0 Å². The number of fused-ring (bicyclic) bond motifs is 1. The van der Waals surface area contributed by atoms with E-state index < -0.39 is 15.3 Å². The number of piperidine rings is 1. The lowest BCUT2D eigenvalue weighted by molar-refractivity contribution is 0.00325. The Balaban J connectivity index is 1.40. The Morgan fingerprint density at radius 2 is 1.94 bits per heavy atom. The first-order valence-corrected chi connectivity index (χ1v) is 13.1. The van der Waals surface area contributed by atoms with Gasteiger partial charge in [0, 0.05) is 46.9 Å². The van der Waals surface area contributed by atoms with Crippen molar-refractivity contribution in [3.63, 3.8) is 0 Å². The second-order valence-corrected chi connectivity index (χ2v) is 11.6. The highest BCUT2D eigenvalue weighted by Gasteiger charge is 2.48. The van der Waals surface area contributed by atoms with E-state index in [2.05, 4.69) is 37.8 Å². The number of methoxy groups -OCH3 is 2. The summed E-state index contributed by atoms with van der Waals surface area (Å²) in [6.45, 7) is 4.80. The van der Waals surface area contributed by atoms with Crippen molar-refractivity contribution in [1.82, 2.24) is 30.9 Å². The van der Waals surface area contributed by atoms with Gasteiger partial charge in [-0.3, -0.25) is 10.9 Å². The third-order valence-electron chi connectivity index (χ3n) is 7.92. The van der Waals surface area contributed by atoms with E-state index in [4.69, 9.17) is 9.47 Å². The Bertz CT molecular complexity index is 712. The third-order valence-corrected chi connectivity index (χ3v) is 9.71. The van der Waals surface area contributed by atoms with Crippen molar-refractivity contribution in [2.45, 2.75) is 68.3 Å². The van der Waals surface area contributed by atoms with Gasteiger partial charge in [-0.2, -0.15) is 0 Å². The number of hydrogen-bond donors (Lipinski definition) is 4. The van der Waals surface area contributed by atoms with Gasteiger partial charge in [0.2, 0.25) is 10.0 Å². The van der Waals surface area contributed by atoms with Gasteiger partial charge >= 0.3 is 0 Å². The van der Waals surface area contributed by atoms with Crippen LogP contribution in [0.2, 0.25) is 0 Å². The molecule has 4 aliphatic rings. The van der Waals surface area contributed by atoms with Crippen LogP contribution in [-0.4, -0.2) is 102 Å². The van der Waals surface area contributed by atoms with Crippen molar-refractivity contribution in [2.24, 2.45) is 11.8 Å². The molecule has 31 heavy (non-hydrogen) atoms. The lowest BCUT2D eigenvalue weighted by atomic mass is 9.80. The molecule has 0 aromatic heterocycles. The predicted molar refractivity (Wildman–Crippen MR) is 118 cm³/mol. The zero-order chi connectivity index (χ0) is 22.2. The number of sulfonamides is 1. The van der Waals surface area contributed by atoms with Gasteiger partial charge in [-0.1, -0.05) is 0 Å². The van der Waals surface area contributed by atoms with Gasteiger partial charge in [0.25, 0.3) is 0 Å². The van der Waals surface area contributed by atoms with Crippen LogP contribution >= 0.6 is 0 Å². The van der Waals surface area contributed by atoms with E-state index in [1.165, 1.54) is 0 Å². The average Bonchev–Trinajstić information content (AvgIpc) is 3.41. The Labute approximate surface area is 186 Å². The summed E-state index contributed by atoms with van der Waals surface area (Å²) in [6, 6.07) is -0.141. The highest BCUT2D eigenvalue weighted by molar-refractivity contribution is 7.90. The average molecular weight is 461 g/mol. The van der Waals surface area contributed by atoms with Crippen molar-refractivity contribution in [1.29, 1.82) is 0 Å². The molecule has 4 N–H and O–H groups in total. The highest BCUT2D eigenvalue weighted by Crippen LogP contribution is 2.33. The summed E-state index contributed by atoms with van der Waals surface area (Å²) in [5, 5.41) is 7.17. The number of ether oxygens (including phenoxy) is 2. The fourth-order valence-electron chi connectivity index (χ4n) is 5.88. The molecule has 4 rings (SSSR count). The van der Waals surface area contributed by atoms with Crippen LogP contribution < -0.4 is 20.9 Å². The summed E-state index contributed by atoms with van der Waals surface area (Å²) < 4.78 is 41.1. The quantitative estimate of drug-likeness (QED) is 0.383. The standard InChI is InChI=1S/C20H40N6O4S/c1-13(29-3)14-7-8-21-18(9-14)26-12-16(11-23-26)31(27,28)24-19-17(30-4)6-5-15-10-22-25(2)20(15)19/h13-24H,5-12H2,1-4H3. The monoisotopic (exact) mass is 460 g/mol. The predicted octanol–water partition coefficient (Wildman–Crippen LogP) is -0.933. The van der Waals surface area contributed by atoms with Crippen LogP contribution in [0.5, 0.6) is 0 Å². The first-order chi connectivity index (χ1) is 14.8. The van der Waals surface area contributed by atoms with Gasteiger partial charge in [-0.25, -0.2) is 23.2 Å². The van der Waals surface area contributed by atoms with Crippen LogP contribution in [0.1, 0.15) is 32.6 Å². The van der Waals surface area contributed by atoms with E-state index in [-0.39, 0.29) is 30.5 Å². The minimum Gasteiger partial charge on any atom is -0.381 e. The van der Waals surface area contributed by atoms with Gasteiger partial charge in [0.1, 0.15) is 5.25 Å². The van der Waals surface area contributed by atoms with Crippen molar-refractivity contribution in [2.75, 3.05) is 47.4 Å². The van der Waals surface area contributed by atoms with Crippen molar-refractivity contribution < 1.29 is 17.9 Å². The summed E-state index contributed by atoms with van der Waals surface area (Å²) in [5.74, 6) is 0.910. The van der Waals surface area contributed by atoms with Crippen molar-refractivity contribution in [3.8, 4) is 0 Å². The zero-order valence-corrected chi connectivity index (χ0v) is 20.0. The molecule has 0 radical (unpaired) electrons. The fraction of sp³-hybridized carbons (Fsp3) is 1.00. The largest absolute Gasteiger partial charge is 0.381 e. The number of likely N-dealkylation sites (N-methyl/N-ethyl adjacent to an activating group) is 1. The summed E-state index contributed by atoms with van der Waals surface area (Å²) in [5.41, 5.74) is 6.70. The molecule has 0 bridgehead atoms. The first-order valence-electron chi connectivity index (χ1n) is 11.6. The first kappa shape index (κ1) is 23.8. The fourth-order valence-corrected chi connectivity index (χ4v) is 7.39. The molecule has 1 saturated carbocycles. The maximum absolute atomic E-state index is 13.4. The smallest absolute Gasteiger partial charge is 0.217 e. The molecule has 4 fully saturated rings. The maximum Gasteiger partial charge on any atom is 0.217 e. The summed E-state index contributed by atoms with van der Waals surface area (Å²) in [6.07, 6.45) is 4.15. The molecule has 0 aromatic carbocycles. The lowest BCUT2D eigenvalue weighted by Gasteiger charge is -2.41. The molecule has 1 aliphatic carbocycles. The Kier molecular flexibility index (Phi) is 7.56. The number of hydrazine groups is 2. The molecule has 11 heteroatoms. The topological polar surface area (TPSA) is 107 Å². The van der Waals surface area contributed by atoms with Gasteiger partial charge in [-0.05, 0) is 51.0 Å². The molecule has 8 atom stereocenters. The van der Waals surface area contributed by atoms with Crippen LogP contribution in [-0.2, 0) is 19.5 Å². The van der Waals surface area contributed by atoms with Gasteiger partial charge in [0.05, 0.1) is 24.4 Å². The van der Waals surface area contributed by atoms with Crippen LogP contribution in [0.25, 0.3) is 0 Å². The zero-order valence-electron chi connectivity index (χ0n) is 19.2. The van der Waals surface area contributed by atoms with E-state index in [0.717, 1.165) is 38.8 Å². The van der Waals surface area contributed by atoms with Crippen LogP contribution in [0.3, 0.4) is 0 Å². The molecule has 0 spiro atoms. The summed E-state index contributed by atoms with van der Waals surface area (Å²) >= 11 is 0. The number of nitrogens with one attached hydrogen (secondary N) is 4. The lowest BCUT2D eigenvalue weighted by Crippen LogP contribution is -2.61. The van der Waals surface area contributed by atoms with Gasteiger partial charge < -0.3 is 14.8 Å². The molecule has 3 aliphatic heterocycles. The Morgan fingerprint density at radius 3 is 2.68 bits per heavy atom. The van der Waals surface area contributed by atoms with Crippen molar-refractivity contribution in [3.05, 3.63) is 0 Å². The normalized spacial score (nSPS) is 41.4. The van der Waals surface area contributed by atoms with E-state index in [0.29, 0.717) is 24.9 Å². The SMILES string of the molecule is COC(C)C1CCNC(N2CC(S(=O)(=O)NC3C(OC)CCC4CNN(C)C43)CN2)C1. The second kappa shape index (κ2) is 9.86.